The molecule has 0 atom stereocenters. The minimum atomic E-state index is -0.780. The molecule has 0 unspecified atom stereocenters. The molecule has 5 heteroatoms. The molecule has 0 aliphatic carbocycles. The van der Waals surface area contributed by atoms with Gasteiger partial charge in [0.15, 0.2) is 0 Å². The average Bonchev–Trinajstić information content (AvgIpc) is 2.48. The number of hydrogen-bond donors (Lipinski definition) is 1. The Hall–Kier alpha value is -2.35. The molecule has 1 aromatic rings. The van der Waals surface area contributed by atoms with Gasteiger partial charge in [-0.05, 0) is 30.5 Å². The Morgan fingerprint density at radius 1 is 1.25 bits per heavy atom. The Morgan fingerprint density at radius 2 is 1.85 bits per heavy atom. The van der Waals surface area contributed by atoms with Crippen molar-refractivity contribution in [3.05, 3.63) is 35.4 Å². The van der Waals surface area contributed by atoms with Crippen LogP contribution in [0.4, 0.5) is 0 Å². The van der Waals surface area contributed by atoms with Crippen LogP contribution in [0.25, 0.3) is 0 Å². The van der Waals surface area contributed by atoms with E-state index in [0.29, 0.717) is 37.9 Å². The molecule has 1 aliphatic heterocycles. The molecule has 1 N–H and O–H groups in total. The zero-order valence-electron chi connectivity index (χ0n) is 11.1. The topological polar surface area (TPSA) is 81.4 Å². The van der Waals surface area contributed by atoms with Gasteiger partial charge in [-0.15, -0.1) is 0 Å². The fourth-order valence-corrected chi connectivity index (χ4v) is 2.37. The second-order valence-corrected chi connectivity index (χ2v) is 4.94. The third-order valence-corrected chi connectivity index (χ3v) is 3.62. The Kier molecular flexibility index (Phi) is 4.36. The lowest BCUT2D eigenvalue weighted by atomic mass is 9.96. The first-order chi connectivity index (χ1) is 9.61. The number of nitriles is 1. The minimum absolute atomic E-state index is 0.0719. The molecular weight excluding hydrogens is 256 g/mol. The number of carbonyl (C=O) groups excluding carboxylic acids is 1. The second-order valence-electron chi connectivity index (χ2n) is 4.94. The highest BCUT2D eigenvalue weighted by Crippen LogP contribution is 2.19. The molecule has 1 fully saturated rings. The number of aliphatic carboxylic acids is 1. The molecule has 20 heavy (non-hydrogen) atoms. The predicted octanol–water partition coefficient (Wildman–Crippen LogP) is 1.69. The third kappa shape index (κ3) is 3.15. The number of carboxylic acids is 1. The molecule has 5 nitrogen and oxygen atoms in total. The van der Waals surface area contributed by atoms with Crippen LogP contribution >= 0.6 is 0 Å². The molecule has 0 bridgehead atoms. The molecule has 1 amide bonds. The van der Waals surface area contributed by atoms with E-state index in [-0.39, 0.29) is 11.8 Å². The van der Waals surface area contributed by atoms with E-state index in [1.54, 1.807) is 29.2 Å². The normalized spacial score (nSPS) is 15.7. The van der Waals surface area contributed by atoms with Crippen molar-refractivity contribution >= 4 is 11.9 Å². The Bertz CT molecular complexity index is 537. The first-order valence-electron chi connectivity index (χ1n) is 6.60. The monoisotopic (exact) mass is 272 g/mol. The quantitative estimate of drug-likeness (QED) is 0.907. The van der Waals surface area contributed by atoms with Crippen molar-refractivity contribution in [3.63, 3.8) is 0 Å². The van der Waals surface area contributed by atoms with E-state index in [2.05, 4.69) is 6.07 Å². The van der Waals surface area contributed by atoms with Crippen LogP contribution in [-0.4, -0.2) is 35.0 Å². The van der Waals surface area contributed by atoms with Crippen LogP contribution in [0, 0.1) is 17.2 Å². The molecule has 0 spiro atoms. The summed E-state index contributed by atoms with van der Waals surface area (Å²) in [5.74, 6) is -1.19. The van der Waals surface area contributed by atoms with Gasteiger partial charge in [-0.2, -0.15) is 5.26 Å². The molecule has 2 rings (SSSR count). The summed E-state index contributed by atoms with van der Waals surface area (Å²) in [5, 5.41) is 17.5. The summed E-state index contributed by atoms with van der Waals surface area (Å²) in [7, 11) is 0. The number of carbonyl (C=O) groups is 2. The highest BCUT2D eigenvalue weighted by atomic mass is 16.4. The number of benzene rings is 1. The second kappa shape index (κ2) is 6.20. The van der Waals surface area contributed by atoms with Crippen molar-refractivity contribution < 1.29 is 14.7 Å². The maximum atomic E-state index is 12.3. The summed E-state index contributed by atoms with van der Waals surface area (Å²) < 4.78 is 0. The molecule has 1 heterocycles. The van der Waals surface area contributed by atoms with Crippen molar-refractivity contribution in [1.29, 1.82) is 5.26 Å². The standard InChI is InChI=1S/C15H16N2O3/c16-8-5-11-1-3-12(4-2-11)14(18)17-9-6-13(7-10-17)15(19)20/h1-4,13H,5-7,9-10H2,(H,19,20). The Labute approximate surface area is 117 Å². The smallest absolute Gasteiger partial charge is 0.306 e. The lowest BCUT2D eigenvalue weighted by molar-refractivity contribution is -0.143. The van der Waals surface area contributed by atoms with E-state index >= 15 is 0 Å². The summed E-state index contributed by atoms with van der Waals surface area (Å²) in [6.07, 6.45) is 1.35. The predicted molar refractivity (Wildman–Crippen MR) is 72.0 cm³/mol. The van der Waals surface area contributed by atoms with Gasteiger partial charge in [0.25, 0.3) is 5.91 Å². The van der Waals surface area contributed by atoms with Crippen LogP contribution in [0.3, 0.4) is 0 Å². The highest BCUT2D eigenvalue weighted by Gasteiger charge is 2.27. The van der Waals surface area contributed by atoms with Gasteiger partial charge >= 0.3 is 5.97 Å². The van der Waals surface area contributed by atoms with Crippen LogP contribution in [-0.2, 0) is 11.2 Å². The van der Waals surface area contributed by atoms with E-state index in [9.17, 15) is 9.59 Å². The number of amides is 1. The van der Waals surface area contributed by atoms with Gasteiger partial charge in [0.2, 0.25) is 0 Å². The number of hydrogen-bond acceptors (Lipinski definition) is 3. The number of piperidine rings is 1. The Morgan fingerprint density at radius 3 is 2.35 bits per heavy atom. The van der Waals surface area contributed by atoms with Crippen LogP contribution < -0.4 is 0 Å². The molecule has 0 saturated carbocycles. The molecular formula is C15H16N2O3. The van der Waals surface area contributed by atoms with Crippen molar-refractivity contribution in [1.82, 2.24) is 4.90 Å². The summed E-state index contributed by atoms with van der Waals surface area (Å²) in [5.41, 5.74) is 1.47. The van der Waals surface area contributed by atoms with Crippen molar-refractivity contribution in [2.24, 2.45) is 5.92 Å². The van der Waals surface area contributed by atoms with Crippen LogP contribution in [0.15, 0.2) is 24.3 Å². The minimum Gasteiger partial charge on any atom is -0.481 e. The molecule has 1 aliphatic rings. The maximum absolute atomic E-state index is 12.3. The SMILES string of the molecule is N#CCc1ccc(C(=O)N2CCC(C(=O)O)CC2)cc1. The number of carboxylic acid groups (broad SMARTS) is 1. The van der Waals surface area contributed by atoms with E-state index in [1.807, 2.05) is 0 Å². The van der Waals surface area contributed by atoms with Crippen molar-refractivity contribution in [2.45, 2.75) is 19.3 Å². The van der Waals surface area contributed by atoms with Gasteiger partial charge in [0, 0.05) is 18.7 Å². The number of likely N-dealkylation sites (tertiary alicyclic amines) is 1. The number of nitrogens with zero attached hydrogens (tertiary/aromatic N) is 2. The fraction of sp³-hybridized carbons (Fsp3) is 0.400. The van der Waals surface area contributed by atoms with Gasteiger partial charge in [-0.25, -0.2) is 0 Å². The first-order valence-corrected chi connectivity index (χ1v) is 6.60. The lowest BCUT2D eigenvalue weighted by Crippen LogP contribution is -2.40. The van der Waals surface area contributed by atoms with Crippen LogP contribution in [0.2, 0.25) is 0 Å². The van der Waals surface area contributed by atoms with Gasteiger partial charge in [-0.3, -0.25) is 9.59 Å². The molecule has 1 saturated heterocycles. The summed E-state index contributed by atoms with van der Waals surface area (Å²) in [6.45, 7) is 0.964. The van der Waals surface area contributed by atoms with Crippen LogP contribution in [0.5, 0.6) is 0 Å². The molecule has 0 aromatic heterocycles. The summed E-state index contributed by atoms with van der Waals surface area (Å²) in [6, 6.07) is 9.06. The molecule has 1 aromatic carbocycles. The van der Waals surface area contributed by atoms with Gasteiger partial charge in [0.05, 0.1) is 18.4 Å². The van der Waals surface area contributed by atoms with E-state index in [0.717, 1.165) is 5.56 Å². The highest BCUT2D eigenvalue weighted by molar-refractivity contribution is 5.94. The first kappa shape index (κ1) is 14.1. The van der Waals surface area contributed by atoms with E-state index in [1.165, 1.54) is 0 Å². The van der Waals surface area contributed by atoms with Crippen molar-refractivity contribution in [3.8, 4) is 6.07 Å². The summed E-state index contributed by atoms with van der Waals surface area (Å²) in [4.78, 5) is 24.8. The van der Waals surface area contributed by atoms with Crippen LogP contribution in [0.1, 0.15) is 28.8 Å². The fourth-order valence-electron chi connectivity index (χ4n) is 2.37. The van der Waals surface area contributed by atoms with Crippen molar-refractivity contribution in [2.75, 3.05) is 13.1 Å². The lowest BCUT2D eigenvalue weighted by Gasteiger charge is -2.30. The summed E-state index contributed by atoms with van der Waals surface area (Å²) >= 11 is 0. The largest absolute Gasteiger partial charge is 0.481 e. The average molecular weight is 272 g/mol. The van der Waals surface area contributed by atoms with Gasteiger partial charge in [0.1, 0.15) is 0 Å². The maximum Gasteiger partial charge on any atom is 0.306 e. The molecule has 104 valence electrons. The van der Waals surface area contributed by atoms with Gasteiger partial charge in [-0.1, -0.05) is 12.1 Å². The zero-order chi connectivity index (χ0) is 14.5. The van der Waals surface area contributed by atoms with E-state index in [4.69, 9.17) is 10.4 Å². The molecule has 0 radical (unpaired) electrons. The third-order valence-electron chi connectivity index (χ3n) is 3.62. The van der Waals surface area contributed by atoms with Gasteiger partial charge < -0.3 is 10.0 Å². The zero-order valence-corrected chi connectivity index (χ0v) is 11.1. The number of rotatable bonds is 3. The van der Waals surface area contributed by atoms with E-state index < -0.39 is 5.97 Å². The Balaban J connectivity index is 1.98.